The molecule has 0 spiro atoms. The molecule has 144 valence electrons. The van der Waals surface area contributed by atoms with Crippen molar-refractivity contribution in [3.63, 3.8) is 0 Å². The minimum atomic E-state index is -0.622. The van der Waals surface area contributed by atoms with Gasteiger partial charge in [0, 0.05) is 52.0 Å². The Kier molecular flexibility index (Phi) is 7.35. The van der Waals surface area contributed by atoms with Gasteiger partial charge in [0.25, 0.3) is 0 Å². The Hall–Kier alpha value is -2.19. The zero-order valence-corrected chi connectivity index (χ0v) is 15.5. The molecular formula is C18H26FN3O4. The number of carbonyl (C=O) groups excluding carboxylic acids is 2. The van der Waals surface area contributed by atoms with Crippen molar-refractivity contribution in [1.29, 1.82) is 0 Å². The molecule has 1 aliphatic heterocycles. The van der Waals surface area contributed by atoms with Crippen LogP contribution in [0.15, 0.2) is 18.2 Å². The predicted octanol–water partition coefficient (Wildman–Crippen LogP) is 0.630. The van der Waals surface area contributed by atoms with Crippen LogP contribution < -0.4 is 10.1 Å². The predicted molar refractivity (Wildman–Crippen MR) is 94.3 cm³/mol. The van der Waals surface area contributed by atoms with Gasteiger partial charge in [-0.1, -0.05) is 6.07 Å². The molecule has 0 radical (unpaired) electrons. The summed E-state index contributed by atoms with van der Waals surface area (Å²) in [7, 11) is 4.72. The largest absolute Gasteiger partial charge is 0.497 e. The van der Waals surface area contributed by atoms with Gasteiger partial charge in [-0.15, -0.1) is 0 Å². The van der Waals surface area contributed by atoms with Gasteiger partial charge in [-0.05, 0) is 6.07 Å². The van der Waals surface area contributed by atoms with Crippen LogP contribution in [0.25, 0.3) is 0 Å². The molecule has 0 saturated carbocycles. The highest BCUT2D eigenvalue weighted by Crippen LogP contribution is 2.20. The minimum absolute atomic E-state index is 0.0455. The minimum Gasteiger partial charge on any atom is -0.497 e. The lowest BCUT2D eigenvalue weighted by molar-refractivity contribution is -0.138. The fourth-order valence-corrected chi connectivity index (χ4v) is 2.85. The van der Waals surface area contributed by atoms with Gasteiger partial charge in [0.1, 0.15) is 11.6 Å². The molecule has 1 aromatic rings. The lowest BCUT2D eigenvalue weighted by atomic mass is 10.1. The van der Waals surface area contributed by atoms with Crippen LogP contribution in [-0.2, 0) is 20.9 Å². The van der Waals surface area contributed by atoms with Gasteiger partial charge in [0.15, 0.2) is 0 Å². The second-order valence-electron chi connectivity index (χ2n) is 6.25. The third kappa shape index (κ3) is 5.15. The van der Waals surface area contributed by atoms with Gasteiger partial charge in [-0.3, -0.25) is 14.5 Å². The van der Waals surface area contributed by atoms with E-state index in [-0.39, 0.29) is 24.8 Å². The van der Waals surface area contributed by atoms with Gasteiger partial charge in [0.2, 0.25) is 11.8 Å². The number of nitrogens with zero attached hydrogens (tertiary/aromatic N) is 2. The number of methoxy groups -OCH3 is 2. The fourth-order valence-electron chi connectivity index (χ4n) is 2.85. The molecule has 0 aromatic heterocycles. The van der Waals surface area contributed by atoms with E-state index in [2.05, 4.69) is 5.32 Å². The maximum atomic E-state index is 14.3. The highest BCUT2D eigenvalue weighted by Gasteiger charge is 2.32. The number of hydrogen-bond donors (Lipinski definition) is 1. The molecule has 2 rings (SSSR count). The standard InChI is InChI=1S/C18H26FN3O4/c1-21(8-9-25-2)17(23)11-16-18(24)20-6-7-22(16)12-13-4-5-14(26-3)10-15(13)19/h4-5,10,16H,6-9,11-12H2,1-3H3,(H,20,24)/t16-/m0/s1. The molecule has 7 nitrogen and oxygen atoms in total. The van der Waals surface area contributed by atoms with Crippen molar-refractivity contribution < 1.29 is 23.5 Å². The molecule has 0 bridgehead atoms. The molecule has 0 aliphatic carbocycles. The van der Waals surface area contributed by atoms with Crippen molar-refractivity contribution in [3.05, 3.63) is 29.6 Å². The Morgan fingerprint density at radius 1 is 1.42 bits per heavy atom. The second kappa shape index (κ2) is 9.49. The molecule has 26 heavy (non-hydrogen) atoms. The van der Waals surface area contributed by atoms with E-state index in [1.54, 1.807) is 26.3 Å². The first-order valence-corrected chi connectivity index (χ1v) is 8.53. The van der Waals surface area contributed by atoms with Crippen LogP contribution in [0.5, 0.6) is 5.75 Å². The summed E-state index contributed by atoms with van der Waals surface area (Å²) in [6.45, 7) is 2.16. The molecule has 1 aliphatic rings. The number of likely N-dealkylation sites (N-methyl/N-ethyl adjacent to an activating group) is 1. The molecular weight excluding hydrogens is 341 g/mol. The van der Waals surface area contributed by atoms with Crippen molar-refractivity contribution in [2.45, 2.75) is 19.0 Å². The Morgan fingerprint density at radius 2 is 2.19 bits per heavy atom. The van der Waals surface area contributed by atoms with E-state index < -0.39 is 11.9 Å². The monoisotopic (exact) mass is 367 g/mol. The summed E-state index contributed by atoms with van der Waals surface area (Å²) in [4.78, 5) is 28.1. The molecule has 8 heteroatoms. The maximum absolute atomic E-state index is 14.3. The molecule has 1 aromatic carbocycles. The molecule has 1 fully saturated rings. The van der Waals surface area contributed by atoms with Gasteiger partial charge in [-0.25, -0.2) is 4.39 Å². The van der Waals surface area contributed by atoms with Gasteiger partial charge in [-0.2, -0.15) is 0 Å². The van der Waals surface area contributed by atoms with Crippen molar-refractivity contribution in [1.82, 2.24) is 15.1 Å². The van der Waals surface area contributed by atoms with Crippen molar-refractivity contribution in [2.75, 3.05) is 47.5 Å². The smallest absolute Gasteiger partial charge is 0.237 e. The molecule has 1 atom stereocenters. The molecule has 0 unspecified atom stereocenters. The van der Waals surface area contributed by atoms with Gasteiger partial charge >= 0.3 is 0 Å². The molecule has 1 saturated heterocycles. The number of halogens is 1. The summed E-state index contributed by atoms with van der Waals surface area (Å²) >= 11 is 0. The first-order chi connectivity index (χ1) is 12.5. The molecule has 1 N–H and O–H groups in total. The van der Waals surface area contributed by atoms with E-state index in [0.717, 1.165) is 0 Å². The lowest BCUT2D eigenvalue weighted by Crippen LogP contribution is -2.56. The quantitative estimate of drug-likeness (QED) is 0.730. The van der Waals surface area contributed by atoms with Crippen molar-refractivity contribution in [2.24, 2.45) is 0 Å². The van der Waals surface area contributed by atoms with Gasteiger partial charge < -0.3 is 19.7 Å². The number of hydrogen-bond acceptors (Lipinski definition) is 5. The third-order valence-electron chi connectivity index (χ3n) is 4.50. The van der Waals surface area contributed by atoms with Crippen LogP contribution >= 0.6 is 0 Å². The van der Waals surface area contributed by atoms with E-state index in [1.807, 2.05) is 4.90 Å². The zero-order chi connectivity index (χ0) is 19.1. The number of amides is 2. The number of piperazine rings is 1. The second-order valence-corrected chi connectivity index (χ2v) is 6.25. The topological polar surface area (TPSA) is 71.1 Å². The Balaban J connectivity index is 2.07. The van der Waals surface area contributed by atoms with Crippen LogP contribution in [0.4, 0.5) is 4.39 Å². The number of ether oxygens (including phenoxy) is 2. The average Bonchev–Trinajstić information content (AvgIpc) is 2.63. The summed E-state index contributed by atoms with van der Waals surface area (Å²) in [5.41, 5.74) is 0.464. The number of rotatable bonds is 8. The van der Waals surface area contributed by atoms with Crippen LogP contribution in [-0.4, -0.2) is 75.2 Å². The number of carbonyl (C=O) groups is 2. The average molecular weight is 367 g/mol. The Morgan fingerprint density at radius 3 is 2.85 bits per heavy atom. The summed E-state index contributed by atoms with van der Waals surface area (Å²) in [5, 5.41) is 2.78. The van der Waals surface area contributed by atoms with E-state index in [9.17, 15) is 14.0 Å². The van der Waals surface area contributed by atoms with Crippen molar-refractivity contribution >= 4 is 11.8 Å². The fraction of sp³-hybridized carbons (Fsp3) is 0.556. The van der Waals surface area contributed by atoms with Gasteiger partial charge in [0.05, 0.1) is 26.2 Å². The Labute approximate surface area is 153 Å². The lowest BCUT2D eigenvalue weighted by Gasteiger charge is -2.35. The number of benzene rings is 1. The highest BCUT2D eigenvalue weighted by molar-refractivity contribution is 5.88. The Bertz CT molecular complexity index is 641. The van der Waals surface area contributed by atoms with Crippen LogP contribution in [0.2, 0.25) is 0 Å². The van der Waals surface area contributed by atoms with E-state index >= 15 is 0 Å². The summed E-state index contributed by atoms with van der Waals surface area (Å²) in [6.07, 6.45) is 0.0455. The third-order valence-corrected chi connectivity index (χ3v) is 4.50. The summed E-state index contributed by atoms with van der Waals surface area (Å²) in [5.74, 6) is -0.310. The normalized spacial score (nSPS) is 17.7. The van der Waals surface area contributed by atoms with E-state index in [1.165, 1.54) is 18.1 Å². The molecule has 1 heterocycles. The summed E-state index contributed by atoms with van der Waals surface area (Å²) in [6, 6.07) is 4.02. The maximum Gasteiger partial charge on any atom is 0.237 e. The van der Waals surface area contributed by atoms with Crippen LogP contribution in [0, 0.1) is 5.82 Å². The molecule has 2 amide bonds. The van der Waals surface area contributed by atoms with E-state index in [4.69, 9.17) is 9.47 Å². The SMILES string of the molecule is COCCN(C)C(=O)C[C@H]1C(=O)NCCN1Cc1ccc(OC)cc1F. The van der Waals surface area contributed by atoms with Crippen LogP contribution in [0.3, 0.4) is 0 Å². The first-order valence-electron chi connectivity index (χ1n) is 8.53. The highest BCUT2D eigenvalue weighted by atomic mass is 19.1. The zero-order valence-electron chi connectivity index (χ0n) is 15.5. The van der Waals surface area contributed by atoms with Crippen LogP contribution in [0.1, 0.15) is 12.0 Å². The first kappa shape index (κ1) is 20.1. The number of nitrogens with one attached hydrogen (secondary N) is 1. The van der Waals surface area contributed by atoms with E-state index in [0.29, 0.717) is 37.6 Å². The van der Waals surface area contributed by atoms with Crippen molar-refractivity contribution in [3.8, 4) is 5.75 Å². The summed E-state index contributed by atoms with van der Waals surface area (Å²) < 4.78 is 24.2.